The van der Waals surface area contributed by atoms with Gasteiger partial charge in [0.2, 0.25) is 0 Å². The summed E-state index contributed by atoms with van der Waals surface area (Å²) in [4.78, 5) is 11.7. The van der Waals surface area contributed by atoms with Gasteiger partial charge in [-0.05, 0) is 39.4 Å². The first-order chi connectivity index (χ1) is 9.52. The monoisotopic (exact) mass is 278 g/mol. The van der Waals surface area contributed by atoms with Crippen LogP contribution in [0.1, 0.15) is 41.7 Å². The fourth-order valence-electron chi connectivity index (χ4n) is 2.95. The molecule has 0 bridgehead atoms. The van der Waals surface area contributed by atoms with E-state index in [1.807, 2.05) is 7.05 Å². The van der Waals surface area contributed by atoms with Crippen molar-refractivity contribution in [3.63, 3.8) is 0 Å². The van der Waals surface area contributed by atoms with Crippen molar-refractivity contribution < 1.29 is 4.74 Å². The normalized spacial score (nSPS) is 21.9. The summed E-state index contributed by atoms with van der Waals surface area (Å²) in [5.41, 5.74) is 3.41. The van der Waals surface area contributed by atoms with Crippen molar-refractivity contribution in [1.29, 1.82) is 0 Å². The van der Waals surface area contributed by atoms with Gasteiger partial charge in [-0.15, -0.1) is 0 Å². The Hall–Kier alpha value is -1.04. The van der Waals surface area contributed by atoms with E-state index in [1.165, 1.54) is 5.56 Å². The van der Waals surface area contributed by atoms with Crippen molar-refractivity contribution in [2.45, 2.75) is 32.8 Å². The molecule has 1 aromatic heterocycles. The number of hydrogen-bond acceptors (Lipinski definition) is 5. The Labute approximate surface area is 121 Å². The summed E-state index contributed by atoms with van der Waals surface area (Å²) in [6.07, 6.45) is -0.000179. The molecule has 20 heavy (non-hydrogen) atoms. The minimum atomic E-state index is -0.000179. The summed E-state index contributed by atoms with van der Waals surface area (Å²) in [7, 11) is 4.08. The lowest BCUT2D eigenvalue weighted by molar-refractivity contribution is -0.0256. The molecule has 1 aliphatic rings. The highest BCUT2D eigenvalue weighted by molar-refractivity contribution is 5.28. The second-order valence-electron chi connectivity index (χ2n) is 5.75. The third kappa shape index (κ3) is 3.34. The fraction of sp³-hybridized carbons (Fsp3) is 0.733. The maximum Gasteiger partial charge on any atom is 0.158 e. The zero-order chi connectivity index (χ0) is 14.7. The van der Waals surface area contributed by atoms with Crippen LogP contribution in [0.15, 0.2) is 0 Å². The van der Waals surface area contributed by atoms with Gasteiger partial charge < -0.3 is 15.0 Å². The smallest absolute Gasteiger partial charge is 0.158 e. The van der Waals surface area contributed by atoms with E-state index in [-0.39, 0.29) is 6.10 Å². The zero-order valence-corrected chi connectivity index (χ0v) is 13.2. The highest BCUT2D eigenvalue weighted by Gasteiger charge is 2.24. The van der Waals surface area contributed by atoms with E-state index in [9.17, 15) is 0 Å². The molecule has 1 aliphatic heterocycles. The molecular weight excluding hydrogens is 252 g/mol. The minimum Gasteiger partial charge on any atom is -0.368 e. The molecular formula is C15H26N4O. The molecule has 112 valence electrons. The largest absolute Gasteiger partial charge is 0.368 e. The van der Waals surface area contributed by atoms with E-state index in [4.69, 9.17) is 14.7 Å². The van der Waals surface area contributed by atoms with Crippen molar-refractivity contribution in [3.8, 4) is 0 Å². The third-order valence-electron chi connectivity index (χ3n) is 3.90. The molecule has 1 saturated heterocycles. The van der Waals surface area contributed by atoms with Crippen LogP contribution in [-0.4, -0.2) is 55.2 Å². The molecule has 2 rings (SSSR count). The number of ether oxygens (including phenoxy) is 1. The predicted octanol–water partition coefficient (Wildman–Crippen LogP) is 1.42. The van der Waals surface area contributed by atoms with Gasteiger partial charge >= 0.3 is 0 Å². The maximum atomic E-state index is 5.81. The number of rotatable bonds is 4. The summed E-state index contributed by atoms with van der Waals surface area (Å²) in [6.45, 7) is 9.89. The van der Waals surface area contributed by atoms with Crippen LogP contribution in [0, 0.1) is 13.8 Å². The summed E-state index contributed by atoms with van der Waals surface area (Å²) < 4.78 is 5.81. The SMILES string of the molecule is CNCC(C)c1c(C)nc(C2CN(C)CCO2)nc1C. The van der Waals surface area contributed by atoms with Gasteiger partial charge in [0.25, 0.3) is 0 Å². The number of aromatic nitrogens is 2. The van der Waals surface area contributed by atoms with Crippen molar-refractivity contribution in [2.24, 2.45) is 0 Å². The van der Waals surface area contributed by atoms with Crippen LogP contribution in [0.2, 0.25) is 0 Å². The summed E-state index contributed by atoms with van der Waals surface area (Å²) in [5.74, 6) is 1.25. The van der Waals surface area contributed by atoms with Gasteiger partial charge in [-0.2, -0.15) is 0 Å². The first-order valence-corrected chi connectivity index (χ1v) is 7.32. The molecule has 0 spiro atoms. The van der Waals surface area contributed by atoms with Crippen LogP contribution in [0.4, 0.5) is 0 Å². The lowest BCUT2D eigenvalue weighted by Gasteiger charge is -2.29. The fourth-order valence-corrected chi connectivity index (χ4v) is 2.95. The molecule has 1 N–H and O–H groups in total. The number of likely N-dealkylation sites (N-methyl/N-ethyl adjacent to an activating group) is 2. The lowest BCUT2D eigenvalue weighted by atomic mass is 9.98. The molecule has 5 nitrogen and oxygen atoms in total. The standard InChI is InChI=1S/C15H26N4O/c1-10(8-16-4)14-11(2)17-15(18-12(14)3)13-9-19(5)6-7-20-13/h10,13,16H,6-9H2,1-5H3. The van der Waals surface area contributed by atoms with Gasteiger partial charge in [0.15, 0.2) is 5.82 Å². The van der Waals surface area contributed by atoms with E-state index < -0.39 is 0 Å². The Bertz CT molecular complexity index is 440. The molecule has 0 radical (unpaired) electrons. The van der Waals surface area contributed by atoms with Gasteiger partial charge in [0.05, 0.1) is 6.61 Å². The molecule has 1 fully saturated rings. The molecule has 2 atom stereocenters. The Kier molecular flexibility index (Phi) is 5.07. The second-order valence-corrected chi connectivity index (χ2v) is 5.75. The molecule has 0 amide bonds. The number of morpholine rings is 1. The predicted molar refractivity (Wildman–Crippen MR) is 80.0 cm³/mol. The zero-order valence-electron chi connectivity index (χ0n) is 13.2. The average Bonchev–Trinajstić information content (AvgIpc) is 2.38. The van der Waals surface area contributed by atoms with Gasteiger partial charge in [0.1, 0.15) is 6.10 Å². The van der Waals surface area contributed by atoms with Crippen molar-refractivity contribution in [2.75, 3.05) is 40.3 Å². The van der Waals surface area contributed by atoms with Crippen LogP contribution >= 0.6 is 0 Å². The van der Waals surface area contributed by atoms with E-state index in [0.29, 0.717) is 5.92 Å². The van der Waals surface area contributed by atoms with E-state index in [0.717, 1.165) is 43.5 Å². The topological polar surface area (TPSA) is 50.3 Å². The molecule has 0 aromatic carbocycles. The number of aryl methyl sites for hydroxylation is 2. The van der Waals surface area contributed by atoms with Gasteiger partial charge in [0, 0.05) is 31.0 Å². The Morgan fingerprint density at radius 2 is 2.00 bits per heavy atom. The van der Waals surface area contributed by atoms with Crippen LogP contribution in [0.5, 0.6) is 0 Å². The van der Waals surface area contributed by atoms with Crippen molar-refractivity contribution in [1.82, 2.24) is 20.2 Å². The van der Waals surface area contributed by atoms with Crippen molar-refractivity contribution >= 4 is 0 Å². The third-order valence-corrected chi connectivity index (χ3v) is 3.90. The first kappa shape index (κ1) is 15.4. The number of hydrogen-bond donors (Lipinski definition) is 1. The maximum absolute atomic E-state index is 5.81. The molecule has 2 heterocycles. The molecule has 5 heteroatoms. The Morgan fingerprint density at radius 3 is 2.55 bits per heavy atom. The van der Waals surface area contributed by atoms with Crippen LogP contribution in [-0.2, 0) is 4.74 Å². The quantitative estimate of drug-likeness (QED) is 0.902. The van der Waals surface area contributed by atoms with Gasteiger partial charge in [-0.25, -0.2) is 9.97 Å². The highest BCUT2D eigenvalue weighted by Crippen LogP contribution is 2.24. The highest BCUT2D eigenvalue weighted by atomic mass is 16.5. The first-order valence-electron chi connectivity index (χ1n) is 7.32. The molecule has 0 saturated carbocycles. The minimum absolute atomic E-state index is 0.000179. The number of nitrogens with zero attached hydrogens (tertiary/aromatic N) is 3. The van der Waals surface area contributed by atoms with Crippen LogP contribution in [0.25, 0.3) is 0 Å². The number of nitrogens with one attached hydrogen (secondary N) is 1. The van der Waals surface area contributed by atoms with E-state index >= 15 is 0 Å². The molecule has 2 unspecified atom stereocenters. The average molecular weight is 278 g/mol. The van der Waals surface area contributed by atoms with Crippen LogP contribution < -0.4 is 5.32 Å². The second kappa shape index (κ2) is 6.61. The van der Waals surface area contributed by atoms with Gasteiger partial charge in [-0.3, -0.25) is 0 Å². The van der Waals surface area contributed by atoms with E-state index in [2.05, 4.69) is 38.0 Å². The van der Waals surface area contributed by atoms with Crippen molar-refractivity contribution in [3.05, 3.63) is 22.8 Å². The van der Waals surface area contributed by atoms with Crippen LogP contribution in [0.3, 0.4) is 0 Å². The Morgan fingerprint density at radius 1 is 1.35 bits per heavy atom. The summed E-state index contributed by atoms with van der Waals surface area (Å²) in [6, 6.07) is 0. The van der Waals surface area contributed by atoms with E-state index in [1.54, 1.807) is 0 Å². The molecule has 1 aromatic rings. The Balaban J connectivity index is 2.25. The summed E-state index contributed by atoms with van der Waals surface area (Å²) in [5, 5.41) is 3.22. The lowest BCUT2D eigenvalue weighted by Crippen LogP contribution is -2.36. The van der Waals surface area contributed by atoms with Gasteiger partial charge in [-0.1, -0.05) is 6.92 Å². The molecule has 0 aliphatic carbocycles. The summed E-state index contributed by atoms with van der Waals surface area (Å²) >= 11 is 0.